The van der Waals surface area contributed by atoms with Crippen molar-refractivity contribution in [3.63, 3.8) is 0 Å². The number of nitrogens with one attached hydrogen (secondary N) is 2. The summed E-state index contributed by atoms with van der Waals surface area (Å²) < 4.78 is 0. The van der Waals surface area contributed by atoms with E-state index in [2.05, 4.69) is 74.2 Å². The molecular formula is C30H44N4O. The van der Waals surface area contributed by atoms with Crippen molar-refractivity contribution in [1.29, 1.82) is 0 Å². The van der Waals surface area contributed by atoms with Crippen LogP contribution in [0.25, 0.3) is 6.08 Å². The van der Waals surface area contributed by atoms with E-state index in [1.807, 2.05) is 31.1 Å². The molecule has 2 aliphatic rings. The summed E-state index contributed by atoms with van der Waals surface area (Å²) >= 11 is 0. The van der Waals surface area contributed by atoms with E-state index in [0.29, 0.717) is 12.6 Å². The van der Waals surface area contributed by atoms with Crippen molar-refractivity contribution in [2.24, 2.45) is 10.9 Å². The van der Waals surface area contributed by atoms with E-state index < -0.39 is 0 Å². The van der Waals surface area contributed by atoms with Crippen LogP contribution >= 0.6 is 0 Å². The van der Waals surface area contributed by atoms with Crippen molar-refractivity contribution in [2.75, 3.05) is 32.5 Å². The van der Waals surface area contributed by atoms with Gasteiger partial charge in [0.05, 0.1) is 13.1 Å². The fourth-order valence-electron chi connectivity index (χ4n) is 4.32. The summed E-state index contributed by atoms with van der Waals surface area (Å²) in [6.07, 6.45) is 11.4. The molecule has 35 heavy (non-hydrogen) atoms. The van der Waals surface area contributed by atoms with Crippen LogP contribution < -0.4 is 10.6 Å². The second kappa shape index (κ2) is 13.7. The van der Waals surface area contributed by atoms with Gasteiger partial charge in [-0.05, 0) is 74.8 Å². The number of carbonyl (C=O) groups excluding carboxylic acids is 1. The molecule has 0 radical (unpaired) electrons. The van der Waals surface area contributed by atoms with Crippen molar-refractivity contribution in [3.05, 3.63) is 71.0 Å². The van der Waals surface area contributed by atoms with Gasteiger partial charge in [-0.15, -0.1) is 0 Å². The van der Waals surface area contributed by atoms with Gasteiger partial charge in [0.15, 0.2) is 5.78 Å². The van der Waals surface area contributed by atoms with Crippen LogP contribution in [0.4, 0.5) is 5.69 Å². The number of anilines is 1. The van der Waals surface area contributed by atoms with E-state index in [1.54, 1.807) is 13.0 Å². The maximum atomic E-state index is 11.7. The number of nitrogens with zero attached hydrogens (tertiary/aromatic N) is 2. The summed E-state index contributed by atoms with van der Waals surface area (Å²) in [6, 6.07) is 6.44. The molecule has 1 aromatic rings. The minimum Gasteiger partial charge on any atom is -0.380 e. The Morgan fingerprint density at radius 2 is 2.06 bits per heavy atom. The van der Waals surface area contributed by atoms with E-state index in [4.69, 9.17) is 0 Å². The normalized spacial score (nSPS) is 18.0. The second-order valence-electron chi connectivity index (χ2n) is 9.85. The quantitative estimate of drug-likeness (QED) is 0.331. The monoisotopic (exact) mass is 476 g/mol. The molecule has 1 aromatic carbocycles. The van der Waals surface area contributed by atoms with Gasteiger partial charge in [-0.1, -0.05) is 50.3 Å². The molecule has 0 spiro atoms. The van der Waals surface area contributed by atoms with Crippen LogP contribution in [-0.4, -0.2) is 49.7 Å². The van der Waals surface area contributed by atoms with Gasteiger partial charge in [0, 0.05) is 37.6 Å². The molecule has 1 aliphatic heterocycles. The second-order valence-corrected chi connectivity index (χ2v) is 9.85. The molecule has 2 N–H and O–H groups in total. The number of carbonyl (C=O) groups is 1. The van der Waals surface area contributed by atoms with Gasteiger partial charge >= 0.3 is 0 Å². The highest BCUT2D eigenvalue weighted by molar-refractivity contribution is 5.95. The first-order chi connectivity index (χ1) is 16.6. The van der Waals surface area contributed by atoms with Crippen LogP contribution in [0.2, 0.25) is 0 Å². The minimum absolute atomic E-state index is 0.0643. The number of ketones is 1. The summed E-state index contributed by atoms with van der Waals surface area (Å²) in [5.41, 5.74) is 7.12. The third kappa shape index (κ3) is 8.89. The van der Waals surface area contributed by atoms with Crippen molar-refractivity contribution in [2.45, 2.75) is 59.9 Å². The molecule has 0 fully saturated rings. The van der Waals surface area contributed by atoms with E-state index in [-0.39, 0.29) is 5.78 Å². The highest BCUT2D eigenvalue weighted by atomic mass is 16.1. The molecule has 5 nitrogen and oxygen atoms in total. The summed E-state index contributed by atoms with van der Waals surface area (Å²) in [6.45, 7) is 15.6. The predicted molar refractivity (Wildman–Crippen MR) is 152 cm³/mol. The first-order valence-electron chi connectivity index (χ1n) is 12.7. The summed E-state index contributed by atoms with van der Waals surface area (Å²) in [5.74, 6) is 1.88. The molecular weight excluding hydrogens is 432 g/mol. The Morgan fingerprint density at radius 1 is 1.31 bits per heavy atom. The number of amidine groups is 1. The maximum absolute atomic E-state index is 11.7. The molecule has 3 rings (SSSR count). The molecule has 0 bridgehead atoms. The summed E-state index contributed by atoms with van der Waals surface area (Å²) in [4.78, 5) is 18.0. The first-order valence-corrected chi connectivity index (χ1v) is 12.7. The average Bonchev–Trinajstić information content (AvgIpc) is 3.45. The largest absolute Gasteiger partial charge is 0.380 e. The number of aliphatic imine (C=N–C) groups is 1. The molecule has 0 amide bonds. The lowest BCUT2D eigenvalue weighted by molar-refractivity contribution is -0.112. The van der Waals surface area contributed by atoms with Crippen molar-refractivity contribution in [1.82, 2.24) is 10.2 Å². The van der Waals surface area contributed by atoms with Gasteiger partial charge in [-0.25, -0.2) is 0 Å². The van der Waals surface area contributed by atoms with Crippen LogP contribution in [0.1, 0.15) is 58.1 Å². The molecule has 0 saturated heterocycles. The lowest BCUT2D eigenvalue weighted by Gasteiger charge is -2.23. The number of hydrogen-bond donors (Lipinski definition) is 2. The number of allylic oxidation sites excluding steroid dienone is 2. The van der Waals surface area contributed by atoms with Crippen LogP contribution in [0.15, 0.2) is 64.8 Å². The van der Waals surface area contributed by atoms with Gasteiger partial charge in [0.2, 0.25) is 0 Å². The van der Waals surface area contributed by atoms with E-state index in [0.717, 1.165) is 54.5 Å². The zero-order valence-corrected chi connectivity index (χ0v) is 22.7. The lowest BCUT2D eigenvalue weighted by atomic mass is 10.0. The van der Waals surface area contributed by atoms with Gasteiger partial charge in [0.1, 0.15) is 5.84 Å². The Hall–Kier alpha value is -3.08. The molecule has 5 heteroatoms. The molecule has 190 valence electrons. The molecule has 2 atom stereocenters. The van der Waals surface area contributed by atoms with Crippen LogP contribution in [0.3, 0.4) is 0 Å². The fourth-order valence-corrected chi connectivity index (χ4v) is 4.32. The van der Waals surface area contributed by atoms with Gasteiger partial charge in [-0.3, -0.25) is 9.79 Å². The third-order valence-electron chi connectivity index (χ3n) is 6.35. The topological polar surface area (TPSA) is 56.7 Å². The van der Waals surface area contributed by atoms with Crippen molar-refractivity contribution >= 4 is 23.4 Å². The van der Waals surface area contributed by atoms with E-state index in [9.17, 15) is 4.79 Å². The Kier molecular flexibility index (Phi) is 11.0. The number of benzene rings is 1. The molecule has 2 unspecified atom stereocenters. The highest BCUT2D eigenvalue weighted by Gasteiger charge is 2.20. The third-order valence-corrected chi connectivity index (χ3v) is 6.35. The predicted octanol–water partition coefficient (Wildman–Crippen LogP) is 6.15. The lowest BCUT2D eigenvalue weighted by Crippen LogP contribution is -2.32. The molecule has 0 aromatic heterocycles. The number of likely N-dealkylation sites (N-methyl/N-ethyl adjacent to an activating group) is 1. The molecule has 1 aliphatic carbocycles. The Morgan fingerprint density at radius 3 is 2.54 bits per heavy atom. The van der Waals surface area contributed by atoms with Gasteiger partial charge < -0.3 is 15.5 Å². The Bertz CT molecular complexity index is 1010. The van der Waals surface area contributed by atoms with E-state index >= 15 is 0 Å². The fraction of sp³-hybridized carbons (Fsp3) is 0.467. The maximum Gasteiger partial charge on any atom is 0.154 e. The van der Waals surface area contributed by atoms with Gasteiger partial charge in [0.25, 0.3) is 0 Å². The van der Waals surface area contributed by atoms with Crippen molar-refractivity contribution in [3.8, 4) is 0 Å². The van der Waals surface area contributed by atoms with Crippen LogP contribution in [-0.2, 0) is 4.79 Å². The van der Waals surface area contributed by atoms with Crippen LogP contribution in [0, 0.1) is 12.8 Å². The van der Waals surface area contributed by atoms with Crippen molar-refractivity contribution < 1.29 is 4.79 Å². The SMILES string of the molecule is C=Cc1cccc(NC/C(=C\C(C)=O)NC(CC)C2=CCC(C)C2)c1C.CC1=CC(N(C)C)=NC1. The summed E-state index contributed by atoms with van der Waals surface area (Å²) in [7, 11) is 4.02. The standard InChI is InChI=1S/C23H32N2O.C7H12N2/c1-6-19-9-8-10-23(18(19)5)24-15-21(14-17(4)26)25-22(7-2)20-12-11-16(3)13-20;1-6-4-7(8-5-6)9(2)3/h6,8-10,12,14,16,22,24-25H,1,7,11,13,15H2,2-5H3;4H,5H2,1-3H3/b21-14+;. The molecule has 1 heterocycles. The first kappa shape index (κ1) is 28.2. The molecule has 0 saturated carbocycles. The summed E-state index contributed by atoms with van der Waals surface area (Å²) in [5, 5.41) is 7.08. The average molecular weight is 477 g/mol. The Balaban J connectivity index is 0.000000402. The van der Waals surface area contributed by atoms with Crippen LogP contribution in [0.5, 0.6) is 0 Å². The van der Waals surface area contributed by atoms with E-state index in [1.165, 1.54) is 16.7 Å². The Labute approximate surface area is 212 Å². The minimum atomic E-state index is 0.0643. The number of hydrogen-bond acceptors (Lipinski definition) is 5. The zero-order chi connectivity index (χ0) is 26.0. The zero-order valence-electron chi connectivity index (χ0n) is 22.7. The highest BCUT2D eigenvalue weighted by Crippen LogP contribution is 2.28. The smallest absolute Gasteiger partial charge is 0.154 e. The number of rotatable bonds is 9. The van der Waals surface area contributed by atoms with Gasteiger partial charge in [-0.2, -0.15) is 0 Å².